The number of hydrogen-bond acceptors (Lipinski definition) is 1. The van der Waals surface area contributed by atoms with E-state index >= 15 is 0 Å². The number of benzene rings is 2. The van der Waals surface area contributed by atoms with Gasteiger partial charge in [0.1, 0.15) is 5.82 Å². The van der Waals surface area contributed by atoms with E-state index in [2.05, 4.69) is 59.1 Å². The van der Waals surface area contributed by atoms with Crippen LogP contribution in [0.2, 0.25) is 5.02 Å². The zero-order valence-electron chi connectivity index (χ0n) is 11.2. The minimum Gasteiger partial charge on any atom is -0.310 e. The van der Waals surface area contributed by atoms with Gasteiger partial charge in [-0.25, -0.2) is 4.39 Å². The van der Waals surface area contributed by atoms with Crippen LogP contribution >= 0.6 is 34.2 Å². The SMILES string of the molecule is CCNC(Cc1ccc(F)cc1Cl)c1ccc(I)cc1. The van der Waals surface area contributed by atoms with Crippen LogP contribution in [0.15, 0.2) is 42.5 Å². The molecule has 0 aromatic heterocycles. The summed E-state index contributed by atoms with van der Waals surface area (Å²) in [6, 6.07) is 13.2. The molecule has 0 spiro atoms. The zero-order valence-corrected chi connectivity index (χ0v) is 14.1. The Kier molecular flexibility index (Phi) is 5.81. The van der Waals surface area contributed by atoms with Gasteiger partial charge in [-0.05, 0) is 70.9 Å². The lowest BCUT2D eigenvalue weighted by molar-refractivity contribution is 0.548. The lowest BCUT2D eigenvalue weighted by Gasteiger charge is -2.19. The van der Waals surface area contributed by atoms with Gasteiger partial charge in [0, 0.05) is 14.6 Å². The molecule has 1 nitrogen and oxygen atoms in total. The second kappa shape index (κ2) is 7.38. The molecule has 1 unspecified atom stereocenters. The summed E-state index contributed by atoms with van der Waals surface area (Å²) in [5.74, 6) is -0.298. The highest BCUT2D eigenvalue weighted by atomic mass is 127. The Bertz CT molecular complexity index is 571. The Morgan fingerprint density at radius 1 is 1.20 bits per heavy atom. The highest BCUT2D eigenvalue weighted by molar-refractivity contribution is 14.1. The minimum atomic E-state index is -0.298. The highest BCUT2D eigenvalue weighted by Gasteiger charge is 2.13. The first-order valence-electron chi connectivity index (χ1n) is 6.53. The molecular formula is C16H16ClFIN. The van der Waals surface area contributed by atoms with Gasteiger partial charge in [-0.1, -0.05) is 36.7 Å². The predicted octanol–water partition coefficient (Wildman–Crippen LogP) is 4.98. The van der Waals surface area contributed by atoms with Gasteiger partial charge in [0.15, 0.2) is 0 Å². The topological polar surface area (TPSA) is 12.0 Å². The minimum absolute atomic E-state index is 0.181. The summed E-state index contributed by atoms with van der Waals surface area (Å²) in [5.41, 5.74) is 2.17. The largest absolute Gasteiger partial charge is 0.310 e. The van der Waals surface area contributed by atoms with Crippen LogP contribution in [0.4, 0.5) is 4.39 Å². The maximum absolute atomic E-state index is 13.1. The second-order valence-corrected chi connectivity index (χ2v) is 6.25. The Labute approximate surface area is 137 Å². The van der Waals surface area contributed by atoms with Gasteiger partial charge in [-0.2, -0.15) is 0 Å². The molecular weight excluding hydrogens is 388 g/mol. The summed E-state index contributed by atoms with van der Waals surface area (Å²) in [7, 11) is 0. The van der Waals surface area contributed by atoms with E-state index in [4.69, 9.17) is 11.6 Å². The Morgan fingerprint density at radius 2 is 1.90 bits per heavy atom. The van der Waals surface area contributed by atoms with Crippen LogP contribution in [0, 0.1) is 9.39 Å². The van der Waals surface area contributed by atoms with Crippen molar-refractivity contribution in [3.05, 3.63) is 68.0 Å². The third kappa shape index (κ3) is 4.17. The summed E-state index contributed by atoms with van der Waals surface area (Å²) in [6.45, 7) is 2.95. The van der Waals surface area contributed by atoms with Crippen LogP contribution in [-0.2, 0) is 6.42 Å². The fourth-order valence-electron chi connectivity index (χ4n) is 2.16. The molecule has 0 fully saturated rings. The van der Waals surface area contributed by atoms with Crippen molar-refractivity contribution in [2.75, 3.05) is 6.54 Å². The lowest BCUT2D eigenvalue weighted by Crippen LogP contribution is -2.23. The Balaban J connectivity index is 2.22. The van der Waals surface area contributed by atoms with E-state index in [9.17, 15) is 4.39 Å². The number of nitrogens with one attached hydrogen (secondary N) is 1. The van der Waals surface area contributed by atoms with Crippen molar-refractivity contribution in [3.8, 4) is 0 Å². The van der Waals surface area contributed by atoms with Crippen LogP contribution in [0.1, 0.15) is 24.1 Å². The van der Waals surface area contributed by atoms with Crippen LogP contribution in [0.3, 0.4) is 0 Å². The molecule has 2 aromatic rings. The average Bonchev–Trinajstić information content (AvgIpc) is 2.42. The maximum atomic E-state index is 13.1. The van der Waals surface area contributed by atoms with Crippen LogP contribution in [0.5, 0.6) is 0 Å². The van der Waals surface area contributed by atoms with E-state index in [0.29, 0.717) is 5.02 Å². The summed E-state index contributed by atoms with van der Waals surface area (Å²) in [4.78, 5) is 0. The van der Waals surface area contributed by atoms with Crippen LogP contribution in [0.25, 0.3) is 0 Å². The van der Waals surface area contributed by atoms with Crippen molar-refractivity contribution in [3.63, 3.8) is 0 Å². The molecule has 2 aromatic carbocycles. The molecule has 1 atom stereocenters. The van der Waals surface area contributed by atoms with Crippen molar-refractivity contribution >= 4 is 34.2 Å². The monoisotopic (exact) mass is 403 g/mol. The summed E-state index contributed by atoms with van der Waals surface area (Å²) in [5, 5.41) is 3.94. The van der Waals surface area contributed by atoms with E-state index in [1.807, 2.05) is 0 Å². The molecule has 106 valence electrons. The number of halogens is 3. The van der Waals surface area contributed by atoms with Gasteiger partial charge in [0.2, 0.25) is 0 Å². The molecule has 0 saturated carbocycles. The molecule has 0 aliphatic rings. The van der Waals surface area contributed by atoms with Gasteiger partial charge in [0.05, 0.1) is 0 Å². The molecule has 0 bridgehead atoms. The molecule has 0 heterocycles. The van der Waals surface area contributed by atoms with Gasteiger partial charge in [-0.3, -0.25) is 0 Å². The van der Waals surface area contributed by atoms with E-state index in [0.717, 1.165) is 18.5 Å². The molecule has 20 heavy (non-hydrogen) atoms. The Morgan fingerprint density at radius 3 is 2.50 bits per heavy atom. The van der Waals surface area contributed by atoms with Crippen LogP contribution < -0.4 is 5.32 Å². The van der Waals surface area contributed by atoms with Crippen molar-refractivity contribution in [2.24, 2.45) is 0 Å². The first-order chi connectivity index (χ1) is 9.60. The van der Waals surface area contributed by atoms with Gasteiger partial charge < -0.3 is 5.32 Å². The average molecular weight is 404 g/mol. The van der Waals surface area contributed by atoms with E-state index in [1.54, 1.807) is 6.07 Å². The second-order valence-electron chi connectivity index (χ2n) is 4.60. The fraction of sp³-hybridized carbons (Fsp3) is 0.250. The smallest absolute Gasteiger partial charge is 0.124 e. The molecule has 0 amide bonds. The first-order valence-corrected chi connectivity index (χ1v) is 7.98. The van der Waals surface area contributed by atoms with Crippen molar-refractivity contribution in [1.82, 2.24) is 5.32 Å². The summed E-state index contributed by atoms with van der Waals surface area (Å²) < 4.78 is 14.3. The van der Waals surface area contributed by atoms with Crippen molar-refractivity contribution < 1.29 is 4.39 Å². The molecule has 0 radical (unpaired) electrons. The normalized spacial score (nSPS) is 12.4. The summed E-state index contributed by atoms with van der Waals surface area (Å²) >= 11 is 8.41. The van der Waals surface area contributed by atoms with Gasteiger partial charge >= 0.3 is 0 Å². The third-order valence-electron chi connectivity index (χ3n) is 3.16. The molecule has 4 heteroatoms. The van der Waals surface area contributed by atoms with Gasteiger partial charge in [0.25, 0.3) is 0 Å². The van der Waals surface area contributed by atoms with Crippen molar-refractivity contribution in [2.45, 2.75) is 19.4 Å². The number of likely N-dealkylation sites (N-methyl/N-ethyl adjacent to an activating group) is 1. The quantitative estimate of drug-likeness (QED) is 0.695. The number of hydrogen-bond donors (Lipinski definition) is 1. The zero-order chi connectivity index (χ0) is 14.5. The van der Waals surface area contributed by atoms with Gasteiger partial charge in [-0.15, -0.1) is 0 Å². The fourth-order valence-corrected chi connectivity index (χ4v) is 2.76. The van der Waals surface area contributed by atoms with E-state index in [-0.39, 0.29) is 11.9 Å². The number of rotatable bonds is 5. The molecule has 0 aliphatic heterocycles. The molecule has 1 N–H and O–H groups in total. The third-order valence-corrected chi connectivity index (χ3v) is 4.23. The molecule has 2 rings (SSSR count). The van der Waals surface area contributed by atoms with Crippen molar-refractivity contribution in [1.29, 1.82) is 0 Å². The van der Waals surface area contributed by atoms with Crippen LogP contribution in [-0.4, -0.2) is 6.54 Å². The maximum Gasteiger partial charge on any atom is 0.124 e. The lowest BCUT2D eigenvalue weighted by atomic mass is 9.99. The standard InChI is InChI=1S/C16H16ClFIN/c1-2-20-16(11-4-7-14(19)8-5-11)9-12-3-6-13(18)10-15(12)17/h3-8,10,16,20H,2,9H2,1H3. The molecule has 0 saturated heterocycles. The summed E-state index contributed by atoms with van der Waals surface area (Å²) in [6.07, 6.45) is 0.744. The Hall–Kier alpha value is -0.650. The van der Waals surface area contributed by atoms with E-state index in [1.165, 1.54) is 21.3 Å². The highest BCUT2D eigenvalue weighted by Crippen LogP contribution is 2.25. The predicted molar refractivity (Wildman–Crippen MR) is 90.7 cm³/mol. The first kappa shape index (κ1) is 15.7. The molecule has 0 aliphatic carbocycles. The van der Waals surface area contributed by atoms with E-state index < -0.39 is 0 Å².